The number of halogens is 2. The normalized spacial score (nSPS) is 11.6. The van der Waals surface area contributed by atoms with Crippen molar-refractivity contribution in [1.82, 2.24) is 5.32 Å². The zero-order valence-electron chi connectivity index (χ0n) is 15.9. The standard InChI is InChI=1S/C23H20F2N2O3/c24-23(25)30-19-13-11-18(12-14-19)26-21(28)15-20(16-7-3-1-4-8-16)27-22(29)17-9-5-2-6-10-17/h1-14,20,23H,15H2,(H,26,28)(H,27,29). The third-order valence-electron chi connectivity index (χ3n) is 4.30. The molecular weight excluding hydrogens is 390 g/mol. The van der Waals surface area contributed by atoms with Crippen LogP contribution in [0.15, 0.2) is 84.9 Å². The molecular formula is C23H20F2N2O3. The Bertz CT molecular complexity index is 965. The first-order valence-corrected chi connectivity index (χ1v) is 9.27. The predicted molar refractivity (Wildman–Crippen MR) is 109 cm³/mol. The van der Waals surface area contributed by atoms with Crippen LogP contribution in [0.1, 0.15) is 28.4 Å². The number of hydrogen-bond donors (Lipinski definition) is 2. The molecule has 30 heavy (non-hydrogen) atoms. The molecule has 3 rings (SSSR count). The maximum Gasteiger partial charge on any atom is 0.387 e. The number of nitrogens with one attached hydrogen (secondary N) is 2. The molecule has 1 unspecified atom stereocenters. The second-order valence-electron chi connectivity index (χ2n) is 6.46. The smallest absolute Gasteiger partial charge is 0.387 e. The van der Waals surface area contributed by atoms with Gasteiger partial charge in [0.25, 0.3) is 5.91 Å². The molecule has 0 aliphatic carbocycles. The minimum Gasteiger partial charge on any atom is -0.435 e. The zero-order valence-corrected chi connectivity index (χ0v) is 15.9. The fourth-order valence-electron chi connectivity index (χ4n) is 2.89. The van der Waals surface area contributed by atoms with Gasteiger partial charge in [-0.2, -0.15) is 8.78 Å². The van der Waals surface area contributed by atoms with Crippen LogP contribution in [-0.4, -0.2) is 18.4 Å². The summed E-state index contributed by atoms with van der Waals surface area (Å²) in [6.45, 7) is -2.91. The van der Waals surface area contributed by atoms with Gasteiger partial charge < -0.3 is 15.4 Å². The molecule has 5 nitrogen and oxygen atoms in total. The fraction of sp³-hybridized carbons (Fsp3) is 0.130. The molecule has 7 heteroatoms. The molecule has 2 amide bonds. The van der Waals surface area contributed by atoms with Crippen molar-refractivity contribution in [3.63, 3.8) is 0 Å². The summed E-state index contributed by atoms with van der Waals surface area (Å²) in [6.07, 6.45) is -0.00211. The van der Waals surface area contributed by atoms with Crippen molar-refractivity contribution in [2.75, 3.05) is 5.32 Å². The molecule has 0 aromatic heterocycles. The Labute approximate surface area is 172 Å². The fourth-order valence-corrected chi connectivity index (χ4v) is 2.89. The van der Waals surface area contributed by atoms with Gasteiger partial charge in [-0.3, -0.25) is 9.59 Å². The molecule has 0 bridgehead atoms. The van der Waals surface area contributed by atoms with Crippen molar-refractivity contribution in [3.05, 3.63) is 96.1 Å². The molecule has 154 valence electrons. The number of carbonyl (C=O) groups excluding carboxylic acids is 2. The lowest BCUT2D eigenvalue weighted by Crippen LogP contribution is -2.31. The molecule has 2 N–H and O–H groups in total. The number of ether oxygens (including phenoxy) is 1. The zero-order chi connectivity index (χ0) is 21.3. The summed E-state index contributed by atoms with van der Waals surface area (Å²) in [7, 11) is 0. The summed E-state index contributed by atoms with van der Waals surface area (Å²) in [5.41, 5.74) is 1.72. The molecule has 3 aromatic rings. The minimum atomic E-state index is -2.91. The van der Waals surface area contributed by atoms with E-state index in [2.05, 4.69) is 15.4 Å². The summed E-state index contributed by atoms with van der Waals surface area (Å²) in [5, 5.41) is 5.60. The van der Waals surface area contributed by atoms with Gasteiger partial charge in [-0.15, -0.1) is 0 Å². The van der Waals surface area contributed by atoms with Gasteiger partial charge in [-0.05, 0) is 42.0 Å². The van der Waals surface area contributed by atoms with Gasteiger partial charge in [-0.1, -0.05) is 48.5 Å². The lowest BCUT2D eigenvalue weighted by Gasteiger charge is -2.19. The lowest BCUT2D eigenvalue weighted by molar-refractivity contribution is -0.116. The van der Waals surface area contributed by atoms with E-state index in [1.165, 1.54) is 24.3 Å². The van der Waals surface area contributed by atoms with Gasteiger partial charge >= 0.3 is 6.61 Å². The van der Waals surface area contributed by atoms with E-state index in [0.29, 0.717) is 11.3 Å². The largest absolute Gasteiger partial charge is 0.435 e. The first-order chi connectivity index (χ1) is 14.5. The molecule has 0 fully saturated rings. The quantitative estimate of drug-likeness (QED) is 0.561. The van der Waals surface area contributed by atoms with E-state index in [1.807, 2.05) is 36.4 Å². The number of benzene rings is 3. The van der Waals surface area contributed by atoms with E-state index in [1.54, 1.807) is 24.3 Å². The number of carbonyl (C=O) groups is 2. The minimum absolute atomic E-state index is 0.000264. The molecule has 0 heterocycles. The van der Waals surface area contributed by atoms with Crippen LogP contribution in [-0.2, 0) is 4.79 Å². The summed E-state index contributed by atoms with van der Waals surface area (Å²) >= 11 is 0. The lowest BCUT2D eigenvalue weighted by atomic mass is 10.0. The number of rotatable bonds is 8. The molecule has 0 radical (unpaired) electrons. The van der Waals surface area contributed by atoms with Crippen LogP contribution in [0.5, 0.6) is 5.75 Å². The average molecular weight is 410 g/mol. The summed E-state index contributed by atoms with van der Waals surface area (Å²) in [5.74, 6) is -0.620. The van der Waals surface area contributed by atoms with Gasteiger partial charge in [-0.25, -0.2) is 0 Å². The van der Waals surface area contributed by atoms with E-state index in [4.69, 9.17) is 0 Å². The highest BCUT2D eigenvalue weighted by Crippen LogP contribution is 2.21. The number of alkyl halides is 2. The number of anilines is 1. The van der Waals surface area contributed by atoms with Crippen molar-refractivity contribution in [1.29, 1.82) is 0 Å². The molecule has 0 aliphatic rings. The van der Waals surface area contributed by atoms with Crippen molar-refractivity contribution in [2.24, 2.45) is 0 Å². The van der Waals surface area contributed by atoms with Crippen LogP contribution in [0.2, 0.25) is 0 Å². The average Bonchev–Trinajstić information content (AvgIpc) is 2.75. The summed E-state index contributed by atoms with van der Waals surface area (Å²) in [6, 6.07) is 23.0. The Balaban J connectivity index is 1.68. The van der Waals surface area contributed by atoms with E-state index in [0.717, 1.165) is 5.56 Å². The van der Waals surface area contributed by atoms with Crippen molar-refractivity contribution >= 4 is 17.5 Å². The SMILES string of the molecule is O=C(CC(NC(=O)c1ccccc1)c1ccccc1)Nc1ccc(OC(F)F)cc1. The Morgan fingerprint density at radius 2 is 1.43 bits per heavy atom. The van der Waals surface area contributed by atoms with Crippen LogP contribution in [0.25, 0.3) is 0 Å². The van der Waals surface area contributed by atoms with E-state index in [9.17, 15) is 18.4 Å². The molecule has 0 saturated heterocycles. The number of hydrogen-bond acceptors (Lipinski definition) is 3. The Kier molecular flexibility index (Phi) is 7.10. The first-order valence-electron chi connectivity index (χ1n) is 9.27. The predicted octanol–water partition coefficient (Wildman–Crippen LogP) is 4.79. The Morgan fingerprint density at radius 1 is 0.833 bits per heavy atom. The van der Waals surface area contributed by atoms with Crippen LogP contribution < -0.4 is 15.4 Å². The molecule has 0 saturated carbocycles. The second-order valence-corrected chi connectivity index (χ2v) is 6.46. The Morgan fingerprint density at radius 3 is 2.03 bits per heavy atom. The third kappa shape index (κ3) is 6.13. The highest BCUT2D eigenvalue weighted by atomic mass is 19.3. The van der Waals surface area contributed by atoms with Gasteiger partial charge in [0, 0.05) is 11.3 Å². The molecule has 3 aromatic carbocycles. The molecule has 0 aliphatic heterocycles. The van der Waals surface area contributed by atoms with Gasteiger partial charge in [0.05, 0.1) is 12.5 Å². The summed E-state index contributed by atoms with van der Waals surface area (Å²) in [4.78, 5) is 25.1. The van der Waals surface area contributed by atoms with Gasteiger partial charge in [0.1, 0.15) is 5.75 Å². The monoisotopic (exact) mass is 410 g/mol. The highest BCUT2D eigenvalue weighted by Gasteiger charge is 2.19. The van der Waals surface area contributed by atoms with Crippen molar-refractivity contribution in [3.8, 4) is 5.75 Å². The highest BCUT2D eigenvalue weighted by molar-refractivity contribution is 5.95. The topological polar surface area (TPSA) is 67.4 Å². The third-order valence-corrected chi connectivity index (χ3v) is 4.30. The maximum atomic E-state index is 12.6. The first kappa shape index (κ1) is 21.0. The molecule has 1 atom stereocenters. The van der Waals surface area contributed by atoms with Crippen LogP contribution in [0.3, 0.4) is 0 Å². The number of amides is 2. The summed E-state index contributed by atoms with van der Waals surface area (Å²) < 4.78 is 28.8. The van der Waals surface area contributed by atoms with Crippen LogP contribution in [0.4, 0.5) is 14.5 Å². The Hall–Kier alpha value is -3.74. The van der Waals surface area contributed by atoms with Gasteiger partial charge in [0.2, 0.25) is 5.91 Å². The van der Waals surface area contributed by atoms with E-state index < -0.39 is 12.7 Å². The van der Waals surface area contributed by atoms with Crippen LogP contribution in [0, 0.1) is 0 Å². The maximum absolute atomic E-state index is 12.6. The molecule has 0 spiro atoms. The second kappa shape index (κ2) is 10.2. The van der Waals surface area contributed by atoms with Gasteiger partial charge in [0.15, 0.2) is 0 Å². The van der Waals surface area contributed by atoms with E-state index in [-0.39, 0.29) is 24.0 Å². The van der Waals surface area contributed by atoms with Crippen LogP contribution >= 0.6 is 0 Å². The van der Waals surface area contributed by atoms with Crippen molar-refractivity contribution < 1.29 is 23.1 Å². The van der Waals surface area contributed by atoms with E-state index >= 15 is 0 Å². The van der Waals surface area contributed by atoms with Crippen molar-refractivity contribution in [2.45, 2.75) is 19.1 Å².